The van der Waals surface area contributed by atoms with Gasteiger partial charge in [0.25, 0.3) is 11.5 Å². The number of aromatic nitrogens is 2. The Kier molecular flexibility index (Phi) is 6.26. The molecule has 2 saturated heterocycles. The zero-order valence-electron chi connectivity index (χ0n) is 18.7. The molecule has 0 aliphatic carbocycles. The molecule has 0 unspecified atom stereocenters. The van der Waals surface area contributed by atoms with E-state index >= 15 is 0 Å². The van der Waals surface area contributed by atoms with Crippen LogP contribution in [0.2, 0.25) is 0 Å². The predicted octanol–water partition coefficient (Wildman–Crippen LogP) is 1.45. The lowest BCUT2D eigenvalue weighted by molar-refractivity contribution is -0.117. The van der Waals surface area contributed by atoms with Crippen LogP contribution in [0.1, 0.15) is 37.3 Å². The second-order valence-corrected chi connectivity index (χ2v) is 11.2. The zero-order chi connectivity index (χ0) is 23.8. The van der Waals surface area contributed by atoms with Crippen molar-refractivity contribution in [2.75, 3.05) is 29.5 Å². The highest BCUT2D eigenvalue weighted by molar-refractivity contribution is 7.91. The number of hydrogen-bond acceptors (Lipinski definition) is 7. The Bertz CT molecular complexity index is 1330. The first-order valence-corrected chi connectivity index (χ1v) is 12.9. The number of sulfone groups is 1. The van der Waals surface area contributed by atoms with Crippen LogP contribution in [0, 0.1) is 24.2 Å². The molecule has 1 atom stereocenters. The molecule has 0 spiro atoms. The number of hydrogen-bond donors (Lipinski definition) is 1. The van der Waals surface area contributed by atoms with E-state index in [-0.39, 0.29) is 28.2 Å². The van der Waals surface area contributed by atoms with Crippen molar-refractivity contribution in [2.24, 2.45) is 5.92 Å². The number of fused-ring (bicyclic) bond motifs is 1. The summed E-state index contributed by atoms with van der Waals surface area (Å²) in [4.78, 5) is 33.0. The minimum atomic E-state index is -3.18. The molecule has 4 rings (SSSR count). The Labute approximate surface area is 192 Å². The maximum atomic E-state index is 13.4. The van der Waals surface area contributed by atoms with Crippen LogP contribution in [0.15, 0.2) is 28.7 Å². The summed E-state index contributed by atoms with van der Waals surface area (Å²) in [5.41, 5.74) is 0.946. The summed E-state index contributed by atoms with van der Waals surface area (Å²) in [6.45, 7) is 5.52. The van der Waals surface area contributed by atoms with Crippen LogP contribution in [0.25, 0.3) is 11.7 Å². The number of nitrogens with one attached hydrogen (secondary N) is 1. The number of aryl methyl sites for hydroxylation is 1. The van der Waals surface area contributed by atoms with Crippen LogP contribution in [0.3, 0.4) is 0 Å². The number of nitrogens with zero attached hydrogens (tertiary/aromatic N) is 4. The third-order valence-corrected chi connectivity index (χ3v) is 8.14. The summed E-state index contributed by atoms with van der Waals surface area (Å²) in [6, 6.07) is 4.96. The Balaban J connectivity index is 1.77. The van der Waals surface area contributed by atoms with Gasteiger partial charge >= 0.3 is 0 Å². The van der Waals surface area contributed by atoms with Gasteiger partial charge in [0.05, 0.1) is 17.1 Å². The maximum Gasteiger partial charge on any atom is 0.267 e. The maximum absolute atomic E-state index is 13.4. The number of pyridine rings is 1. The number of carbonyl (C=O) groups is 1. The van der Waals surface area contributed by atoms with E-state index in [1.807, 2.05) is 24.0 Å². The minimum Gasteiger partial charge on any atom is -0.356 e. The third-order valence-electron chi connectivity index (χ3n) is 6.37. The normalized spacial score (nSPS) is 21.2. The first kappa shape index (κ1) is 23.0. The van der Waals surface area contributed by atoms with E-state index in [1.54, 1.807) is 12.3 Å². The van der Waals surface area contributed by atoms with E-state index in [9.17, 15) is 23.3 Å². The van der Waals surface area contributed by atoms with E-state index in [0.29, 0.717) is 23.8 Å². The van der Waals surface area contributed by atoms with Gasteiger partial charge < -0.3 is 10.2 Å². The van der Waals surface area contributed by atoms with E-state index in [1.165, 1.54) is 10.5 Å². The molecule has 2 aromatic rings. The monoisotopic (exact) mass is 469 g/mol. The van der Waals surface area contributed by atoms with E-state index in [0.717, 1.165) is 31.5 Å². The van der Waals surface area contributed by atoms with Crippen LogP contribution in [-0.2, 0) is 14.6 Å². The second kappa shape index (κ2) is 8.98. The average molecular weight is 470 g/mol. The van der Waals surface area contributed by atoms with Gasteiger partial charge in [-0.15, -0.1) is 0 Å². The molecule has 174 valence electrons. The van der Waals surface area contributed by atoms with E-state index in [4.69, 9.17) is 4.98 Å². The van der Waals surface area contributed by atoms with Crippen LogP contribution in [0.5, 0.6) is 0 Å². The van der Waals surface area contributed by atoms with Gasteiger partial charge in [-0.1, -0.05) is 13.0 Å². The van der Waals surface area contributed by atoms with Crippen molar-refractivity contribution in [3.63, 3.8) is 0 Å². The summed E-state index contributed by atoms with van der Waals surface area (Å²) >= 11 is 0. The third kappa shape index (κ3) is 4.78. The smallest absolute Gasteiger partial charge is 0.267 e. The topological polar surface area (TPSA) is 125 Å². The molecule has 33 heavy (non-hydrogen) atoms. The van der Waals surface area contributed by atoms with Gasteiger partial charge in [0, 0.05) is 25.3 Å². The molecule has 1 amide bonds. The van der Waals surface area contributed by atoms with Gasteiger partial charge in [0.2, 0.25) is 0 Å². The first-order chi connectivity index (χ1) is 15.7. The van der Waals surface area contributed by atoms with Crippen LogP contribution < -0.4 is 15.8 Å². The van der Waals surface area contributed by atoms with Gasteiger partial charge in [0.1, 0.15) is 23.1 Å². The fourth-order valence-corrected chi connectivity index (χ4v) is 6.03. The summed E-state index contributed by atoms with van der Waals surface area (Å²) < 4.78 is 24.8. The van der Waals surface area contributed by atoms with Gasteiger partial charge in [-0.25, -0.2) is 13.4 Å². The van der Waals surface area contributed by atoms with Crippen molar-refractivity contribution in [1.29, 1.82) is 5.26 Å². The Hall–Kier alpha value is -3.19. The molecule has 2 fully saturated rings. The summed E-state index contributed by atoms with van der Waals surface area (Å²) in [6.07, 6.45) is 5.13. The lowest BCUT2D eigenvalue weighted by atomic mass is 9.99. The molecule has 2 aliphatic heterocycles. The number of carbonyl (C=O) groups excluding carboxylic acids is 1. The highest BCUT2D eigenvalue weighted by Crippen LogP contribution is 2.26. The Morgan fingerprint density at radius 1 is 1.30 bits per heavy atom. The summed E-state index contributed by atoms with van der Waals surface area (Å²) in [5.74, 6) is 0.216. The lowest BCUT2D eigenvalue weighted by Gasteiger charge is -2.32. The Morgan fingerprint density at radius 3 is 2.67 bits per heavy atom. The van der Waals surface area contributed by atoms with Crippen molar-refractivity contribution in [1.82, 2.24) is 14.7 Å². The molecule has 0 saturated carbocycles. The molecule has 0 radical (unpaired) electrons. The van der Waals surface area contributed by atoms with Crippen molar-refractivity contribution in [3.8, 4) is 6.07 Å². The number of nitriles is 1. The molecule has 2 aromatic heterocycles. The van der Waals surface area contributed by atoms with Crippen LogP contribution in [-0.4, -0.2) is 54.3 Å². The quantitative estimate of drug-likeness (QED) is 0.531. The van der Waals surface area contributed by atoms with Crippen molar-refractivity contribution in [2.45, 2.75) is 39.2 Å². The van der Waals surface area contributed by atoms with Gasteiger partial charge in [-0.2, -0.15) is 5.26 Å². The van der Waals surface area contributed by atoms with Gasteiger partial charge in [-0.05, 0) is 49.8 Å². The SMILES string of the molecule is Cc1cccn2c(=O)c(/C=C(\C#N)C(=O)N[C@H]3CCS(=O)(=O)C3)c(N3CCC(C)CC3)nc12. The first-order valence-electron chi connectivity index (χ1n) is 11.1. The van der Waals surface area contributed by atoms with Crippen molar-refractivity contribution in [3.05, 3.63) is 45.4 Å². The standard InChI is InChI=1S/C23H27N5O4S/c1-15-5-9-27(10-6-15)21-19(23(30)28-8-3-4-16(2)20(28)26-21)12-17(13-24)22(29)25-18-7-11-33(31,32)14-18/h3-4,8,12,15,18H,5-7,9-11,14H2,1-2H3,(H,25,29)/b17-12+/t18-/m0/s1. The van der Waals surface area contributed by atoms with Crippen molar-refractivity contribution >= 4 is 33.3 Å². The second-order valence-electron chi connectivity index (χ2n) is 8.95. The summed E-state index contributed by atoms with van der Waals surface area (Å²) in [7, 11) is -3.18. The van der Waals surface area contributed by atoms with Gasteiger partial charge in [0.15, 0.2) is 9.84 Å². The molecular weight excluding hydrogens is 442 g/mol. The molecule has 10 heteroatoms. The van der Waals surface area contributed by atoms with Crippen molar-refractivity contribution < 1.29 is 13.2 Å². The van der Waals surface area contributed by atoms with Crippen LogP contribution >= 0.6 is 0 Å². The largest absolute Gasteiger partial charge is 0.356 e. The molecule has 2 aliphatic rings. The van der Waals surface area contributed by atoms with Gasteiger partial charge in [-0.3, -0.25) is 14.0 Å². The fourth-order valence-electron chi connectivity index (χ4n) is 4.35. The van der Waals surface area contributed by atoms with E-state index < -0.39 is 21.8 Å². The number of amides is 1. The highest BCUT2D eigenvalue weighted by atomic mass is 32.2. The highest BCUT2D eigenvalue weighted by Gasteiger charge is 2.30. The summed E-state index contributed by atoms with van der Waals surface area (Å²) in [5, 5.41) is 12.3. The minimum absolute atomic E-state index is 0.0103. The molecule has 9 nitrogen and oxygen atoms in total. The molecule has 1 N–H and O–H groups in total. The molecular formula is C23H27N5O4S. The zero-order valence-corrected chi connectivity index (χ0v) is 19.6. The lowest BCUT2D eigenvalue weighted by Crippen LogP contribution is -2.37. The number of anilines is 1. The van der Waals surface area contributed by atoms with Crippen LogP contribution in [0.4, 0.5) is 5.82 Å². The Morgan fingerprint density at radius 2 is 2.03 bits per heavy atom. The molecule has 0 bridgehead atoms. The number of rotatable bonds is 4. The van der Waals surface area contributed by atoms with E-state index in [2.05, 4.69) is 12.2 Å². The fraction of sp³-hybridized carbons (Fsp3) is 0.478. The molecule has 4 heterocycles. The number of piperidine rings is 1. The average Bonchev–Trinajstić information content (AvgIpc) is 3.12. The molecule has 0 aromatic carbocycles. The predicted molar refractivity (Wildman–Crippen MR) is 126 cm³/mol.